The number of anilines is 1. The van der Waals surface area contributed by atoms with Gasteiger partial charge in [-0.2, -0.15) is 0 Å². The van der Waals surface area contributed by atoms with Crippen LogP contribution in [0.3, 0.4) is 0 Å². The zero-order chi connectivity index (χ0) is 29.6. The fourth-order valence-electron chi connectivity index (χ4n) is 3.86. The average molecular weight is 625 g/mol. The predicted molar refractivity (Wildman–Crippen MR) is 162 cm³/mol. The molecule has 40 heavy (non-hydrogen) atoms. The van der Waals surface area contributed by atoms with Crippen molar-refractivity contribution in [3.8, 4) is 0 Å². The van der Waals surface area contributed by atoms with Crippen molar-refractivity contribution < 1.29 is 18.0 Å². The standard InChI is InChI=1S/C29H32Cl3N3O4S/c1-5-20(3)33-29(37)21(4)34(17-22-8-15-26(31)27(32)16-22)28(36)18-35(24-11-9-23(30)10-12-24)40(38,39)25-13-6-19(2)7-14-25/h6-16,20-21H,5,17-18H2,1-4H3,(H,33,37)/t20-,21-/m0/s1. The number of rotatable bonds is 11. The van der Waals surface area contributed by atoms with Crippen LogP contribution in [0, 0.1) is 6.92 Å². The number of hydrogen-bond donors (Lipinski definition) is 1. The van der Waals surface area contributed by atoms with Crippen LogP contribution in [-0.4, -0.2) is 43.8 Å². The third-order valence-corrected chi connectivity index (χ3v) is 9.29. The molecule has 3 aromatic rings. The van der Waals surface area contributed by atoms with Crippen molar-refractivity contribution in [2.45, 2.75) is 57.6 Å². The summed E-state index contributed by atoms with van der Waals surface area (Å²) in [5, 5.41) is 3.96. The van der Waals surface area contributed by atoms with E-state index in [0.29, 0.717) is 27.1 Å². The second-order valence-electron chi connectivity index (χ2n) is 9.57. The van der Waals surface area contributed by atoms with E-state index >= 15 is 0 Å². The Morgan fingerprint density at radius 3 is 2.10 bits per heavy atom. The van der Waals surface area contributed by atoms with Gasteiger partial charge < -0.3 is 10.2 Å². The minimum atomic E-state index is -4.16. The number of hydrogen-bond acceptors (Lipinski definition) is 4. The summed E-state index contributed by atoms with van der Waals surface area (Å²) in [4.78, 5) is 28.4. The van der Waals surface area contributed by atoms with Crippen molar-refractivity contribution in [2.24, 2.45) is 0 Å². The Labute approximate surface area is 251 Å². The Morgan fingerprint density at radius 2 is 1.52 bits per heavy atom. The zero-order valence-corrected chi connectivity index (χ0v) is 25.8. The van der Waals surface area contributed by atoms with Crippen LogP contribution in [0.1, 0.15) is 38.3 Å². The smallest absolute Gasteiger partial charge is 0.264 e. The van der Waals surface area contributed by atoms with Gasteiger partial charge in [-0.15, -0.1) is 0 Å². The molecule has 1 N–H and O–H groups in total. The van der Waals surface area contributed by atoms with Crippen LogP contribution in [0.2, 0.25) is 15.1 Å². The second kappa shape index (κ2) is 13.7. The number of carbonyl (C=O) groups is 2. The van der Waals surface area contributed by atoms with Gasteiger partial charge in [-0.1, -0.05) is 65.5 Å². The molecule has 2 amide bonds. The van der Waals surface area contributed by atoms with Crippen LogP contribution in [0.4, 0.5) is 5.69 Å². The highest BCUT2D eigenvalue weighted by Gasteiger charge is 2.32. The molecular weight excluding hydrogens is 593 g/mol. The molecule has 0 aliphatic heterocycles. The molecule has 0 spiro atoms. The number of aryl methyl sites for hydroxylation is 1. The van der Waals surface area contributed by atoms with Crippen LogP contribution in [0.5, 0.6) is 0 Å². The fourth-order valence-corrected chi connectivity index (χ4v) is 5.72. The lowest BCUT2D eigenvalue weighted by molar-refractivity contribution is -0.139. The van der Waals surface area contributed by atoms with E-state index in [1.54, 1.807) is 49.4 Å². The molecule has 11 heteroatoms. The topological polar surface area (TPSA) is 86.8 Å². The predicted octanol–water partition coefficient (Wildman–Crippen LogP) is 6.48. The van der Waals surface area contributed by atoms with E-state index in [4.69, 9.17) is 34.8 Å². The molecule has 0 fully saturated rings. The van der Waals surface area contributed by atoms with Gasteiger partial charge in [0.2, 0.25) is 11.8 Å². The molecule has 0 aliphatic carbocycles. The van der Waals surface area contributed by atoms with Crippen LogP contribution in [0.25, 0.3) is 0 Å². The first-order valence-electron chi connectivity index (χ1n) is 12.7. The number of amides is 2. The Balaban J connectivity index is 2.03. The lowest BCUT2D eigenvalue weighted by Crippen LogP contribution is -2.52. The van der Waals surface area contributed by atoms with Gasteiger partial charge in [-0.25, -0.2) is 8.42 Å². The molecular formula is C29H32Cl3N3O4S. The van der Waals surface area contributed by atoms with Gasteiger partial charge in [-0.3, -0.25) is 13.9 Å². The molecule has 2 atom stereocenters. The molecule has 3 aromatic carbocycles. The first-order chi connectivity index (χ1) is 18.8. The summed E-state index contributed by atoms with van der Waals surface area (Å²) in [6.07, 6.45) is 0.707. The summed E-state index contributed by atoms with van der Waals surface area (Å²) in [7, 11) is -4.16. The maximum Gasteiger partial charge on any atom is 0.264 e. The van der Waals surface area contributed by atoms with Crippen molar-refractivity contribution in [1.29, 1.82) is 0 Å². The fraction of sp³-hybridized carbons (Fsp3) is 0.310. The third-order valence-electron chi connectivity index (χ3n) is 6.51. The van der Waals surface area contributed by atoms with Gasteiger partial charge in [0, 0.05) is 17.6 Å². The minimum absolute atomic E-state index is 0.00382. The van der Waals surface area contributed by atoms with E-state index in [9.17, 15) is 18.0 Å². The normalized spacial score (nSPS) is 12.9. The first-order valence-corrected chi connectivity index (χ1v) is 15.3. The molecule has 0 aromatic heterocycles. The Hall–Kier alpha value is -2.78. The van der Waals surface area contributed by atoms with E-state index < -0.39 is 28.5 Å². The van der Waals surface area contributed by atoms with Gasteiger partial charge in [0.05, 0.1) is 20.6 Å². The number of carbonyl (C=O) groups excluding carboxylic acids is 2. The molecule has 0 unspecified atom stereocenters. The summed E-state index contributed by atoms with van der Waals surface area (Å²) < 4.78 is 28.7. The molecule has 7 nitrogen and oxygen atoms in total. The molecule has 0 heterocycles. The van der Waals surface area contributed by atoms with Gasteiger partial charge in [-0.05, 0) is 81.3 Å². The number of nitrogens with zero attached hydrogens (tertiary/aromatic N) is 2. The third kappa shape index (κ3) is 7.91. The lowest BCUT2D eigenvalue weighted by Gasteiger charge is -2.32. The SMILES string of the molecule is CC[C@H](C)NC(=O)[C@H](C)N(Cc1ccc(Cl)c(Cl)c1)C(=O)CN(c1ccc(Cl)cc1)S(=O)(=O)c1ccc(C)cc1. The van der Waals surface area contributed by atoms with Crippen LogP contribution in [0.15, 0.2) is 71.6 Å². The zero-order valence-electron chi connectivity index (χ0n) is 22.7. The highest BCUT2D eigenvalue weighted by atomic mass is 35.5. The maximum atomic E-state index is 13.9. The molecule has 0 aliphatic rings. The van der Waals surface area contributed by atoms with Crippen molar-refractivity contribution in [1.82, 2.24) is 10.2 Å². The van der Waals surface area contributed by atoms with Crippen LogP contribution < -0.4 is 9.62 Å². The Morgan fingerprint density at radius 1 is 0.900 bits per heavy atom. The quantitative estimate of drug-likeness (QED) is 0.265. The molecule has 0 radical (unpaired) electrons. The number of sulfonamides is 1. The Kier molecular flexibility index (Phi) is 10.9. The van der Waals surface area contributed by atoms with Gasteiger partial charge in [0.25, 0.3) is 10.0 Å². The molecule has 214 valence electrons. The first kappa shape index (κ1) is 31.7. The van der Waals surface area contributed by atoms with E-state index in [1.807, 2.05) is 20.8 Å². The molecule has 0 bridgehead atoms. The summed E-state index contributed by atoms with van der Waals surface area (Å²) >= 11 is 18.3. The van der Waals surface area contributed by atoms with Gasteiger partial charge in [0.15, 0.2) is 0 Å². The summed E-state index contributed by atoms with van der Waals surface area (Å²) in [5.41, 5.74) is 1.77. The monoisotopic (exact) mass is 623 g/mol. The van der Waals surface area contributed by atoms with Gasteiger partial charge in [0.1, 0.15) is 12.6 Å². The molecule has 3 rings (SSSR count). The lowest BCUT2D eigenvalue weighted by atomic mass is 10.1. The Bertz CT molecular complexity index is 1450. The maximum absolute atomic E-state index is 13.9. The number of halogens is 3. The average Bonchev–Trinajstić information content (AvgIpc) is 2.92. The minimum Gasteiger partial charge on any atom is -0.352 e. The van der Waals surface area contributed by atoms with E-state index in [2.05, 4.69) is 5.32 Å². The van der Waals surface area contributed by atoms with E-state index in [0.717, 1.165) is 9.87 Å². The number of nitrogens with one attached hydrogen (secondary N) is 1. The summed E-state index contributed by atoms with van der Waals surface area (Å²) in [6, 6.07) is 16.4. The summed E-state index contributed by atoms with van der Waals surface area (Å²) in [6.45, 7) is 6.71. The highest BCUT2D eigenvalue weighted by Crippen LogP contribution is 2.27. The van der Waals surface area contributed by atoms with Crippen molar-refractivity contribution in [3.63, 3.8) is 0 Å². The van der Waals surface area contributed by atoms with Crippen molar-refractivity contribution in [2.75, 3.05) is 10.8 Å². The second-order valence-corrected chi connectivity index (χ2v) is 12.7. The van der Waals surface area contributed by atoms with Crippen molar-refractivity contribution in [3.05, 3.63) is 92.9 Å². The van der Waals surface area contributed by atoms with Crippen LogP contribution >= 0.6 is 34.8 Å². The van der Waals surface area contributed by atoms with E-state index in [-0.39, 0.29) is 29.1 Å². The molecule has 0 saturated carbocycles. The van der Waals surface area contributed by atoms with Gasteiger partial charge >= 0.3 is 0 Å². The largest absolute Gasteiger partial charge is 0.352 e. The molecule has 0 saturated heterocycles. The van der Waals surface area contributed by atoms with Crippen LogP contribution in [-0.2, 0) is 26.2 Å². The van der Waals surface area contributed by atoms with Crippen molar-refractivity contribution >= 4 is 62.3 Å². The summed E-state index contributed by atoms with van der Waals surface area (Å²) in [5.74, 6) is -0.939. The van der Waals surface area contributed by atoms with E-state index in [1.165, 1.54) is 29.2 Å². The highest BCUT2D eigenvalue weighted by molar-refractivity contribution is 7.92. The number of benzene rings is 3.